The summed E-state index contributed by atoms with van der Waals surface area (Å²) in [6.45, 7) is 3.39. The predicted octanol–water partition coefficient (Wildman–Crippen LogP) is 2.20. The number of carbonyl (C=O) groups excluding carboxylic acids is 1. The Kier molecular flexibility index (Phi) is 4.08. The van der Waals surface area contributed by atoms with Crippen molar-refractivity contribution in [2.45, 2.75) is 24.9 Å². The van der Waals surface area contributed by atoms with Gasteiger partial charge in [0, 0.05) is 31.7 Å². The standard InChI is InChI=1S/C15H21N3O2.ClH/c1-15-7-8-17(3)13(15)18(4)12-6-5-10(9-11(12)15)20-14(19)16-2;/h5-6,9,13H,7-8H2,1-4H3,(H,16,19);1H. The van der Waals surface area contributed by atoms with Crippen molar-refractivity contribution in [2.75, 3.05) is 32.6 Å². The van der Waals surface area contributed by atoms with Crippen LogP contribution >= 0.6 is 12.4 Å². The number of anilines is 1. The summed E-state index contributed by atoms with van der Waals surface area (Å²) >= 11 is 0. The smallest absolute Gasteiger partial charge is 0.410 e. The highest BCUT2D eigenvalue weighted by Gasteiger charge is 2.52. The van der Waals surface area contributed by atoms with Crippen molar-refractivity contribution in [2.24, 2.45) is 0 Å². The third-order valence-corrected chi connectivity index (χ3v) is 4.72. The number of rotatable bonds is 1. The summed E-state index contributed by atoms with van der Waals surface area (Å²) < 4.78 is 5.26. The molecule has 1 N–H and O–H groups in total. The molecule has 1 aromatic carbocycles. The van der Waals surface area contributed by atoms with E-state index in [1.807, 2.05) is 18.2 Å². The van der Waals surface area contributed by atoms with E-state index in [9.17, 15) is 4.79 Å². The predicted molar refractivity (Wildman–Crippen MR) is 85.6 cm³/mol. The Balaban J connectivity index is 0.00000161. The molecule has 0 bridgehead atoms. The molecule has 116 valence electrons. The molecule has 2 aliphatic heterocycles. The van der Waals surface area contributed by atoms with Crippen molar-refractivity contribution in [1.29, 1.82) is 0 Å². The van der Waals surface area contributed by atoms with Crippen LogP contribution in [0.25, 0.3) is 0 Å². The molecular formula is C15H22ClN3O2. The van der Waals surface area contributed by atoms with Crippen LogP contribution in [0.4, 0.5) is 10.5 Å². The van der Waals surface area contributed by atoms with Gasteiger partial charge >= 0.3 is 6.09 Å². The molecule has 1 aromatic rings. The van der Waals surface area contributed by atoms with Gasteiger partial charge in [0.2, 0.25) is 0 Å². The molecule has 0 aliphatic carbocycles. The van der Waals surface area contributed by atoms with Crippen LogP contribution in [-0.2, 0) is 5.41 Å². The summed E-state index contributed by atoms with van der Waals surface area (Å²) in [6, 6.07) is 5.92. The zero-order valence-electron chi connectivity index (χ0n) is 12.8. The fraction of sp³-hybridized carbons (Fsp3) is 0.533. The van der Waals surface area contributed by atoms with Gasteiger partial charge in [-0.1, -0.05) is 6.92 Å². The number of carbonyl (C=O) groups is 1. The van der Waals surface area contributed by atoms with Crippen molar-refractivity contribution in [3.05, 3.63) is 23.8 Å². The minimum absolute atomic E-state index is 0. The molecule has 0 saturated carbocycles. The third kappa shape index (κ3) is 2.24. The Bertz CT molecular complexity index is 566. The highest BCUT2D eigenvalue weighted by molar-refractivity contribution is 5.85. The number of amides is 1. The van der Waals surface area contributed by atoms with E-state index in [2.05, 4.69) is 36.1 Å². The first-order chi connectivity index (χ1) is 9.47. The maximum Gasteiger partial charge on any atom is 0.412 e. The van der Waals surface area contributed by atoms with Gasteiger partial charge in [-0.3, -0.25) is 4.90 Å². The zero-order valence-corrected chi connectivity index (χ0v) is 13.7. The lowest BCUT2D eigenvalue weighted by Gasteiger charge is -2.32. The second-order valence-corrected chi connectivity index (χ2v) is 5.95. The van der Waals surface area contributed by atoms with Gasteiger partial charge in [0.05, 0.1) is 6.17 Å². The number of benzene rings is 1. The Morgan fingerprint density at radius 1 is 1.43 bits per heavy atom. The molecule has 1 amide bonds. The number of hydrogen-bond donors (Lipinski definition) is 1. The van der Waals surface area contributed by atoms with Crippen LogP contribution in [0.2, 0.25) is 0 Å². The summed E-state index contributed by atoms with van der Waals surface area (Å²) in [5, 5.41) is 2.47. The summed E-state index contributed by atoms with van der Waals surface area (Å²) in [5.74, 6) is 0.605. The molecular weight excluding hydrogens is 290 g/mol. The van der Waals surface area contributed by atoms with E-state index in [4.69, 9.17) is 4.74 Å². The van der Waals surface area contributed by atoms with E-state index in [0.717, 1.165) is 13.0 Å². The van der Waals surface area contributed by atoms with E-state index < -0.39 is 6.09 Å². The third-order valence-electron chi connectivity index (χ3n) is 4.72. The van der Waals surface area contributed by atoms with E-state index in [-0.39, 0.29) is 17.8 Å². The highest BCUT2D eigenvalue weighted by atomic mass is 35.5. The number of fused-ring (bicyclic) bond motifs is 3. The highest BCUT2D eigenvalue weighted by Crippen LogP contribution is 2.51. The van der Waals surface area contributed by atoms with Crippen LogP contribution < -0.4 is 15.0 Å². The Labute approximate surface area is 131 Å². The molecule has 3 rings (SSSR count). The Morgan fingerprint density at radius 3 is 2.81 bits per heavy atom. The van der Waals surface area contributed by atoms with Gasteiger partial charge in [-0.25, -0.2) is 4.79 Å². The fourth-order valence-corrected chi connectivity index (χ4v) is 3.78. The average molecular weight is 312 g/mol. The minimum Gasteiger partial charge on any atom is -0.410 e. The quantitative estimate of drug-likeness (QED) is 0.863. The molecule has 0 aromatic heterocycles. The van der Waals surface area contributed by atoms with E-state index >= 15 is 0 Å². The topological polar surface area (TPSA) is 44.8 Å². The number of nitrogens with one attached hydrogen (secondary N) is 1. The maximum atomic E-state index is 11.4. The lowest BCUT2D eigenvalue weighted by molar-refractivity contribution is 0.203. The number of nitrogens with zero attached hydrogens (tertiary/aromatic N) is 2. The Hall–Kier alpha value is -1.46. The van der Waals surface area contributed by atoms with E-state index in [1.165, 1.54) is 11.3 Å². The van der Waals surface area contributed by atoms with E-state index in [1.54, 1.807) is 7.05 Å². The SMILES string of the molecule is CNC(=O)Oc1ccc2c(c1)C1(C)CCN(C)C1N2C.Cl. The number of likely N-dealkylation sites (N-methyl/N-ethyl adjacent to an activating group) is 2. The second kappa shape index (κ2) is 5.39. The first-order valence-corrected chi connectivity index (χ1v) is 6.94. The summed E-state index contributed by atoms with van der Waals surface area (Å²) in [6.07, 6.45) is 1.07. The number of halogens is 1. The summed E-state index contributed by atoms with van der Waals surface area (Å²) in [4.78, 5) is 16.1. The molecule has 2 unspecified atom stereocenters. The van der Waals surface area contributed by atoms with Crippen molar-refractivity contribution >= 4 is 24.2 Å². The number of ether oxygens (including phenoxy) is 1. The largest absolute Gasteiger partial charge is 0.412 e. The summed E-state index contributed by atoms with van der Waals surface area (Å²) in [7, 11) is 5.86. The van der Waals surface area contributed by atoms with Crippen molar-refractivity contribution in [1.82, 2.24) is 10.2 Å². The zero-order chi connectivity index (χ0) is 14.5. The summed E-state index contributed by atoms with van der Waals surface area (Å²) in [5.41, 5.74) is 2.60. The second-order valence-electron chi connectivity index (χ2n) is 5.95. The molecule has 2 aliphatic rings. The molecule has 21 heavy (non-hydrogen) atoms. The molecule has 1 saturated heterocycles. The van der Waals surface area contributed by atoms with Gasteiger partial charge in [-0.15, -0.1) is 12.4 Å². The number of hydrogen-bond acceptors (Lipinski definition) is 4. The van der Waals surface area contributed by atoms with Gasteiger partial charge < -0.3 is 15.0 Å². The van der Waals surface area contributed by atoms with Crippen molar-refractivity contribution < 1.29 is 9.53 Å². The molecule has 2 heterocycles. The molecule has 2 atom stereocenters. The molecule has 1 fully saturated rings. The van der Waals surface area contributed by atoms with Crippen LogP contribution in [-0.4, -0.2) is 44.8 Å². The van der Waals surface area contributed by atoms with Gasteiger partial charge in [-0.2, -0.15) is 0 Å². The average Bonchev–Trinajstić information content (AvgIpc) is 2.85. The van der Waals surface area contributed by atoms with Crippen LogP contribution in [0, 0.1) is 0 Å². The molecule has 0 radical (unpaired) electrons. The van der Waals surface area contributed by atoms with Crippen LogP contribution in [0.3, 0.4) is 0 Å². The first kappa shape index (κ1) is 15.9. The molecule has 0 spiro atoms. The van der Waals surface area contributed by atoms with Crippen LogP contribution in [0.5, 0.6) is 5.75 Å². The molecule has 5 nitrogen and oxygen atoms in total. The van der Waals surface area contributed by atoms with Crippen molar-refractivity contribution in [3.63, 3.8) is 0 Å². The van der Waals surface area contributed by atoms with E-state index in [0.29, 0.717) is 11.9 Å². The Morgan fingerprint density at radius 2 is 2.14 bits per heavy atom. The van der Waals surface area contributed by atoms with Gasteiger partial charge in [0.1, 0.15) is 5.75 Å². The lowest BCUT2D eigenvalue weighted by Crippen LogP contribution is -2.45. The van der Waals surface area contributed by atoms with Gasteiger partial charge in [0.15, 0.2) is 0 Å². The minimum atomic E-state index is -0.429. The maximum absolute atomic E-state index is 11.4. The monoisotopic (exact) mass is 311 g/mol. The van der Waals surface area contributed by atoms with Crippen LogP contribution in [0.1, 0.15) is 18.9 Å². The first-order valence-electron chi connectivity index (χ1n) is 6.94. The fourth-order valence-electron chi connectivity index (χ4n) is 3.78. The van der Waals surface area contributed by atoms with Gasteiger partial charge in [-0.05, 0) is 37.2 Å². The van der Waals surface area contributed by atoms with Gasteiger partial charge in [0.25, 0.3) is 0 Å². The van der Waals surface area contributed by atoms with Crippen LogP contribution in [0.15, 0.2) is 18.2 Å². The molecule has 6 heteroatoms. The number of likely N-dealkylation sites (tertiary alicyclic amines) is 1. The lowest BCUT2D eigenvalue weighted by atomic mass is 9.81. The normalized spacial score (nSPS) is 26.9. The van der Waals surface area contributed by atoms with Crippen molar-refractivity contribution in [3.8, 4) is 5.75 Å².